The molecule has 14 nitrogen and oxygen atoms in total. The number of alkyl halides is 2. The molecule has 2 fully saturated rings. The second-order valence-corrected chi connectivity index (χ2v) is 16.5. The number of sulfonamides is 1. The molecule has 56 heavy (non-hydrogen) atoms. The maximum Gasteiger partial charge on any atom is 0.387 e. The summed E-state index contributed by atoms with van der Waals surface area (Å²) >= 11 is 12.9. The number of carbonyl (C=O) groups excluding carboxylic acids is 4. The Bertz CT molecular complexity index is 2100. The lowest BCUT2D eigenvalue weighted by Gasteiger charge is -2.35. The zero-order valence-corrected chi connectivity index (χ0v) is 32.8. The molecule has 1 N–H and O–H groups in total. The Kier molecular flexibility index (Phi) is 12.7. The smallest absolute Gasteiger partial charge is 0.387 e. The van der Waals surface area contributed by atoms with Crippen LogP contribution in [0.3, 0.4) is 0 Å². The average molecular weight is 840 g/mol. The van der Waals surface area contributed by atoms with Gasteiger partial charge in [0.25, 0.3) is 11.8 Å². The minimum absolute atomic E-state index is 0.00387. The number of rotatable bonds is 16. The molecule has 1 saturated carbocycles. The Balaban J connectivity index is 1.20. The number of piperazine rings is 1. The maximum atomic E-state index is 13.7. The molecular weight excluding hydrogens is 799 g/mol. The minimum atomic E-state index is -3.83. The summed E-state index contributed by atoms with van der Waals surface area (Å²) < 4.78 is 69.8. The lowest BCUT2D eigenvalue weighted by Crippen LogP contribution is -2.50. The van der Waals surface area contributed by atoms with E-state index in [1.54, 1.807) is 4.90 Å². The molecule has 0 spiro atoms. The number of hydrogen-bond donors (Lipinski definition) is 0. The summed E-state index contributed by atoms with van der Waals surface area (Å²) in [5.74, 6) is -2.57. The highest BCUT2D eigenvalue weighted by atomic mass is 35.5. The summed E-state index contributed by atoms with van der Waals surface area (Å²) in [5.41, 5.74) is 0.738. The number of nitrogens with zero attached hydrogens (tertiary/aromatic N) is 4. The Morgan fingerprint density at radius 1 is 0.964 bits per heavy atom. The molecule has 3 aliphatic rings. The number of esters is 1. The largest absolute Gasteiger partial charge is 0.489 e. The molecular formula is C37H40Cl2F2N5O9S+. The van der Waals surface area contributed by atoms with Crippen LogP contribution in [-0.4, -0.2) is 112 Å². The van der Waals surface area contributed by atoms with E-state index in [-0.39, 0.29) is 69.8 Å². The molecule has 3 heterocycles. The number of hydrogen-bond acceptors (Lipinski definition) is 10. The van der Waals surface area contributed by atoms with Gasteiger partial charge >= 0.3 is 12.6 Å². The van der Waals surface area contributed by atoms with Gasteiger partial charge < -0.3 is 19.1 Å². The molecule has 1 saturated heterocycles. The normalized spacial score (nSPS) is 16.6. The predicted molar refractivity (Wildman–Crippen MR) is 200 cm³/mol. The third kappa shape index (κ3) is 9.86. The number of benzene rings is 2. The van der Waals surface area contributed by atoms with E-state index < -0.39 is 47.1 Å². The molecule has 1 aromatic heterocycles. The second kappa shape index (κ2) is 17.3. The van der Waals surface area contributed by atoms with Crippen molar-refractivity contribution in [2.45, 2.75) is 38.9 Å². The number of anilines is 1. The van der Waals surface area contributed by atoms with Crippen LogP contribution in [0.4, 0.5) is 14.5 Å². The van der Waals surface area contributed by atoms with Gasteiger partial charge in [0.2, 0.25) is 15.9 Å². The highest BCUT2D eigenvalue weighted by Gasteiger charge is 2.39. The van der Waals surface area contributed by atoms with E-state index in [1.807, 2.05) is 4.90 Å². The summed E-state index contributed by atoms with van der Waals surface area (Å²) in [7, 11) is -3.83. The van der Waals surface area contributed by atoms with E-state index in [0.29, 0.717) is 48.8 Å². The summed E-state index contributed by atoms with van der Waals surface area (Å²) in [4.78, 5) is 59.7. The van der Waals surface area contributed by atoms with Crippen LogP contribution in [0.15, 0.2) is 48.8 Å². The zero-order valence-electron chi connectivity index (χ0n) is 30.5. The molecule has 0 unspecified atom stereocenters. The van der Waals surface area contributed by atoms with E-state index in [1.165, 1.54) is 55.7 Å². The van der Waals surface area contributed by atoms with Crippen molar-refractivity contribution in [3.8, 4) is 11.5 Å². The highest BCUT2D eigenvalue weighted by Crippen LogP contribution is 2.38. The lowest BCUT2D eigenvalue weighted by atomic mass is 10.0. The van der Waals surface area contributed by atoms with Crippen LogP contribution in [0.2, 0.25) is 10.0 Å². The molecule has 1 atom stereocenters. The lowest BCUT2D eigenvalue weighted by molar-refractivity contribution is -0.377. The SMILES string of the molecule is CC(=O)N1CCN(CCN(c2ccc3c(c2)C(=O)N(CC(=O)O[C@@H](Cc2c(Cl)c[nH+]cc2Cl)c2ccc(OC(F)F)c(OCC4CC4)c2)C3=O)S(C)(=O)=O)CC1. The number of carbonyl (C=O) groups is 4. The number of nitrogens with one attached hydrogen (secondary N) is 1. The second-order valence-electron chi connectivity index (χ2n) is 13.8. The van der Waals surface area contributed by atoms with Gasteiger partial charge in [-0.15, -0.1) is 0 Å². The molecule has 0 bridgehead atoms. The molecule has 1 aliphatic carbocycles. The van der Waals surface area contributed by atoms with Crippen LogP contribution in [0.5, 0.6) is 11.5 Å². The van der Waals surface area contributed by atoms with Crippen LogP contribution in [0.25, 0.3) is 0 Å². The summed E-state index contributed by atoms with van der Waals surface area (Å²) in [5, 5.41) is 0.438. The van der Waals surface area contributed by atoms with Gasteiger partial charge in [-0.3, -0.25) is 33.3 Å². The standard InChI is InChI=1S/C37H39Cl2F2N5O9S/c1-22(47)44-12-9-43(10-13-44)11-14-46(56(2,51)52)25-6-7-26-27(16-25)36(50)45(35(26)49)20-34(48)54-32(17-28-29(38)18-42-19-30(28)39)24-5-8-31(55-37(40)41)33(15-24)53-21-23-3-4-23/h5-8,15-16,18-19,23,32,37H,3-4,9-14,17,20-21H2,1-2H3/p+1/t32-/m0/s1. The molecule has 300 valence electrons. The molecule has 19 heteroatoms. The van der Waals surface area contributed by atoms with Crippen molar-refractivity contribution >= 4 is 62.6 Å². The monoisotopic (exact) mass is 838 g/mol. The number of pyridine rings is 1. The first-order chi connectivity index (χ1) is 26.6. The van der Waals surface area contributed by atoms with Crippen molar-refractivity contribution in [2.75, 3.05) is 63.0 Å². The first kappa shape index (κ1) is 41.1. The number of aromatic amines is 1. The Morgan fingerprint density at radius 3 is 2.27 bits per heavy atom. The van der Waals surface area contributed by atoms with Gasteiger partial charge in [-0.05, 0) is 54.7 Å². The number of fused-ring (bicyclic) bond motifs is 1. The fourth-order valence-corrected chi connectivity index (χ4v) is 7.96. The summed E-state index contributed by atoms with van der Waals surface area (Å²) in [6.45, 7) is 0.423. The molecule has 2 aliphatic heterocycles. The van der Waals surface area contributed by atoms with Crippen molar-refractivity contribution in [1.82, 2.24) is 14.7 Å². The number of ether oxygens (including phenoxy) is 3. The minimum Gasteiger partial charge on any atom is -0.489 e. The van der Waals surface area contributed by atoms with Gasteiger partial charge in [0.05, 0.1) is 29.7 Å². The van der Waals surface area contributed by atoms with Gasteiger partial charge in [0.15, 0.2) is 23.9 Å². The highest BCUT2D eigenvalue weighted by molar-refractivity contribution is 7.92. The molecule has 0 radical (unpaired) electrons. The molecule has 6 rings (SSSR count). The average Bonchev–Trinajstić information content (AvgIpc) is 3.95. The quantitative estimate of drug-likeness (QED) is 0.151. The fourth-order valence-electron chi connectivity index (χ4n) is 6.51. The van der Waals surface area contributed by atoms with Crippen molar-refractivity contribution in [3.63, 3.8) is 0 Å². The van der Waals surface area contributed by atoms with E-state index >= 15 is 0 Å². The van der Waals surface area contributed by atoms with Crippen molar-refractivity contribution in [2.24, 2.45) is 5.92 Å². The molecule has 3 amide bonds. The first-order valence-corrected chi connectivity index (χ1v) is 20.4. The predicted octanol–water partition coefficient (Wildman–Crippen LogP) is 4.25. The van der Waals surface area contributed by atoms with E-state index in [2.05, 4.69) is 9.72 Å². The zero-order chi connectivity index (χ0) is 40.3. The van der Waals surface area contributed by atoms with Gasteiger partial charge in [0, 0.05) is 58.2 Å². The number of aromatic nitrogens is 1. The number of amides is 3. The summed E-state index contributed by atoms with van der Waals surface area (Å²) in [6, 6.07) is 8.17. The first-order valence-electron chi connectivity index (χ1n) is 17.8. The van der Waals surface area contributed by atoms with Crippen LogP contribution in [-0.2, 0) is 30.8 Å². The van der Waals surface area contributed by atoms with Crippen LogP contribution >= 0.6 is 23.2 Å². The van der Waals surface area contributed by atoms with Gasteiger partial charge in [-0.1, -0.05) is 29.3 Å². The van der Waals surface area contributed by atoms with Crippen LogP contribution < -0.4 is 18.8 Å². The van der Waals surface area contributed by atoms with E-state index in [9.17, 15) is 36.4 Å². The Hall–Kier alpha value is -4.58. The van der Waals surface area contributed by atoms with Crippen LogP contribution in [0, 0.1) is 5.92 Å². The summed E-state index contributed by atoms with van der Waals surface area (Å²) in [6.07, 6.45) is 4.61. The van der Waals surface area contributed by atoms with E-state index in [4.69, 9.17) is 32.7 Å². The van der Waals surface area contributed by atoms with Crippen molar-refractivity contribution in [1.29, 1.82) is 0 Å². The Morgan fingerprint density at radius 2 is 1.64 bits per heavy atom. The van der Waals surface area contributed by atoms with Crippen LogP contribution in [0.1, 0.15) is 57.7 Å². The maximum absolute atomic E-state index is 13.7. The number of H-pyrrole nitrogens is 1. The Labute approximate surface area is 332 Å². The van der Waals surface area contributed by atoms with Crippen molar-refractivity contribution < 1.29 is 55.6 Å². The third-order valence-corrected chi connectivity index (χ3v) is 11.6. The van der Waals surface area contributed by atoms with Gasteiger partial charge in [-0.2, -0.15) is 8.78 Å². The number of halogens is 4. The molecule has 2 aromatic carbocycles. The van der Waals surface area contributed by atoms with E-state index in [0.717, 1.165) is 23.4 Å². The van der Waals surface area contributed by atoms with Crippen molar-refractivity contribution in [3.05, 3.63) is 81.1 Å². The number of imide groups is 1. The third-order valence-electron chi connectivity index (χ3n) is 9.75. The fraction of sp³-hybridized carbons (Fsp3) is 0.432. The molecule has 3 aromatic rings. The van der Waals surface area contributed by atoms with Gasteiger partial charge in [-0.25, -0.2) is 13.4 Å². The topological polar surface area (TPSA) is 157 Å². The van der Waals surface area contributed by atoms with Gasteiger partial charge in [0.1, 0.15) is 22.7 Å².